The maximum absolute atomic E-state index is 13.9. The second kappa shape index (κ2) is 7.10. The van der Waals surface area contributed by atoms with Crippen LogP contribution in [-0.4, -0.2) is 15.5 Å². The Kier molecular flexibility index (Phi) is 4.85. The van der Waals surface area contributed by atoms with Gasteiger partial charge in [0, 0.05) is 11.6 Å². The van der Waals surface area contributed by atoms with Gasteiger partial charge in [-0.25, -0.2) is 18.0 Å². The number of H-pyrrole nitrogens is 1. The lowest BCUT2D eigenvalue weighted by Gasteiger charge is -2.15. The molecule has 0 fully saturated rings. The van der Waals surface area contributed by atoms with Crippen LogP contribution >= 0.6 is 0 Å². The molecule has 140 valence electrons. The zero-order valence-corrected chi connectivity index (χ0v) is 14.1. The Bertz CT molecular complexity index is 1150. The fourth-order valence-electron chi connectivity index (χ4n) is 2.76. The summed E-state index contributed by atoms with van der Waals surface area (Å²) in [7, 11) is 0. The Morgan fingerprint density at radius 1 is 1.15 bits per heavy atom. The van der Waals surface area contributed by atoms with E-state index in [1.807, 2.05) is 0 Å². The van der Waals surface area contributed by atoms with Gasteiger partial charge in [-0.1, -0.05) is 12.1 Å². The molecule has 0 saturated heterocycles. The Morgan fingerprint density at radius 3 is 2.59 bits per heavy atom. The lowest BCUT2D eigenvalue weighted by molar-refractivity contribution is -0.122. The van der Waals surface area contributed by atoms with Gasteiger partial charge < -0.3 is 10.3 Å². The van der Waals surface area contributed by atoms with Crippen molar-refractivity contribution in [3.05, 3.63) is 80.3 Å². The van der Waals surface area contributed by atoms with Gasteiger partial charge in [-0.15, -0.1) is 0 Å². The fraction of sp³-hybridized carbons (Fsp3) is 0.167. The molecule has 1 atom stereocenters. The number of halogens is 3. The first-order chi connectivity index (χ1) is 12.8. The third kappa shape index (κ3) is 3.62. The van der Waals surface area contributed by atoms with E-state index >= 15 is 0 Å². The van der Waals surface area contributed by atoms with Crippen LogP contribution in [0.2, 0.25) is 0 Å². The van der Waals surface area contributed by atoms with Gasteiger partial charge in [0.15, 0.2) is 0 Å². The number of rotatable bonds is 4. The number of hydrogen-bond acceptors (Lipinski definition) is 3. The zero-order chi connectivity index (χ0) is 19.7. The maximum atomic E-state index is 13.9. The molecule has 0 bridgehead atoms. The van der Waals surface area contributed by atoms with Crippen LogP contribution in [-0.2, 0) is 11.3 Å². The molecule has 6 nitrogen and oxygen atoms in total. The molecule has 9 heteroatoms. The van der Waals surface area contributed by atoms with E-state index in [4.69, 9.17) is 0 Å². The number of hydrogen-bond donors (Lipinski definition) is 2. The number of carbonyl (C=O) groups excluding carboxylic acids is 1. The quantitative estimate of drug-likeness (QED) is 0.729. The molecule has 2 N–H and O–H groups in total. The number of nitrogens with zero attached hydrogens (tertiary/aromatic N) is 1. The molecule has 0 spiro atoms. The van der Waals surface area contributed by atoms with Crippen LogP contribution in [0.15, 0.2) is 46.0 Å². The van der Waals surface area contributed by atoms with E-state index in [-0.39, 0.29) is 16.5 Å². The van der Waals surface area contributed by atoms with E-state index in [1.54, 1.807) is 0 Å². The summed E-state index contributed by atoms with van der Waals surface area (Å²) in [6.45, 7) is 0.771. The molecule has 0 radical (unpaired) electrons. The molecule has 0 saturated carbocycles. The number of nitrogens with one attached hydrogen (secondary N) is 2. The second-order valence-corrected chi connectivity index (χ2v) is 5.94. The predicted octanol–water partition coefficient (Wildman–Crippen LogP) is 1.98. The highest BCUT2D eigenvalue weighted by Crippen LogP contribution is 2.17. The molecule has 0 unspecified atom stereocenters. The van der Waals surface area contributed by atoms with Gasteiger partial charge in [0.25, 0.3) is 5.56 Å². The SMILES string of the molecule is C[C@H](NC(=O)Cn1c(=O)[nH]c2cccc(F)c2c1=O)c1ccc(F)cc1F. The molecule has 1 heterocycles. The number of amides is 1. The first kappa shape index (κ1) is 18.4. The topological polar surface area (TPSA) is 84.0 Å². The van der Waals surface area contributed by atoms with Crippen molar-refractivity contribution in [2.45, 2.75) is 19.5 Å². The monoisotopic (exact) mass is 377 g/mol. The summed E-state index contributed by atoms with van der Waals surface area (Å²) in [6.07, 6.45) is 0. The second-order valence-electron chi connectivity index (χ2n) is 5.94. The summed E-state index contributed by atoms with van der Waals surface area (Å²) in [6, 6.07) is 5.83. The third-order valence-electron chi connectivity index (χ3n) is 4.07. The Morgan fingerprint density at radius 2 is 1.89 bits per heavy atom. The van der Waals surface area contributed by atoms with E-state index in [0.29, 0.717) is 10.6 Å². The molecule has 0 aliphatic rings. The zero-order valence-electron chi connectivity index (χ0n) is 14.1. The first-order valence-electron chi connectivity index (χ1n) is 7.93. The van der Waals surface area contributed by atoms with Gasteiger partial charge in [-0.3, -0.25) is 14.2 Å². The van der Waals surface area contributed by atoms with Crippen LogP contribution in [0.4, 0.5) is 13.2 Å². The van der Waals surface area contributed by atoms with Gasteiger partial charge in [-0.2, -0.15) is 0 Å². The molecule has 2 aromatic carbocycles. The Balaban J connectivity index is 1.87. The summed E-state index contributed by atoms with van der Waals surface area (Å²) in [5.41, 5.74) is -1.78. The summed E-state index contributed by atoms with van der Waals surface area (Å²) >= 11 is 0. The molecular formula is C18H14F3N3O3. The van der Waals surface area contributed by atoms with Crippen molar-refractivity contribution in [2.24, 2.45) is 0 Å². The summed E-state index contributed by atoms with van der Waals surface area (Å²) in [5, 5.41) is 2.07. The predicted molar refractivity (Wildman–Crippen MR) is 91.7 cm³/mol. The molecule has 0 aliphatic carbocycles. The van der Waals surface area contributed by atoms with Crippen LogP contribution in [0.3, 0.4) is 0 Å². The van der Waals surface area contributed by atoms with Gasteiger partial charge >= 0.3 is 5.69 Å². The van der Waals surface area contributed by atoms with Crippen LogP contribution in [0.5, 0.6) is 0 Å². The number of aromatic nitrogens is 2. The Labute approximate surface area is 150 Å². The van der Waals surface area contributed by atoms with E-state index < -0.39 is 47.2 Å². The minimum absolute atomic E-state index is 0.0170. The van der Waals surface area contributed by atoms with Crippen molar-refractivity contribution in [1.82, 2.24) is 14.9 Å². The van der Waals surface area contributed by atoms with Crippen molar-refractivity contribution in [3.8, 4) is 0 Å². The van der Waals surface area contributed by atoms with Gasteiger partial charge in [0.05, 0.1) is 16.9 Å². The minimum Gasteiger partial charge on any atom is -0.348 e. The summed E-state index contributed by atoms with van der Waals surface area (Å²) in [5.74, 6) is -3.20. The van der Waals surface area contributed by atoms with Crippen molar-refractivity contribution >= 4 is 16.8 Å². The average molecular weight is 377 g/mol. The van der Waals surface area contributed by atoms with Gasteiger partial charge in [0.2, 0.25) is 5.91 Å². The lowest BCUT2D eigenvalue weighted by Crippen LogP contribution is -2.41. The average Bonchev–Trinajstić information content (AvgIpc) is 2.58. The summed E-state index contributed by atoms with van der Waals surface area (Å²) in [4.78, 5) is 38.9. The normalized spacial score (nSPS) is 12.1. The van der Waals surface area contributed by atoms with Crippen molar-refractivity contribution in [3.63, 3.8) is 0 Å². The van der Waals surface area contributed by atoms with Crippen molar-refractivity contribution in [2.75, 3.05) is 0 Å². The number of carbonyl (C=O) groups is 1. The standard InChI is InChI=1S/C18H14F3N3O3/c1-9(11-6-5-10(19)7-13(11)21)22-15(25)8-24-17(26)16-12(20)3-2-4-14(16)23-18(24)27/h2-7,9H,8H2,1H3,(H,22,25)(H,23,27)/t9-/m0/s1. The molecule has 27 heavy (non-hydrogen) atoms. The lowest BCUT2D eigenvalue weighted by atomic mass is 10.1. The molecular weight excluding hydrogens is 363 g/mol. The first-order valence-corrected chi connectivity index (χ1v) is 7.93. The molecule has 1 aromatic heterocycles. The minimum atomic E-state index is -0.956. The molecule has 0 aliphatic heterocycles. The number of fused-ring (bicyclic) bond motifs is 1. The van der Waals surface area contributed by atoms with Crippen LogP contribution in [0.1, 0.15) is 18.5 Å². The number of aromatic amines is 1. The van der Waals surface area contributed by atoms with Gasteiger partial charge in [0.1, 0.15) is 24.0 Å². The van der Waals surface area contributed by atoms with Crippen LogP contribution in [0, 0.1) is 17.5 Å². The van der Waals surface area contributed by atoms with Crippen LogP contribution in [0.25, 0.3) is 10.9 Å². The molecule has 1 amide bonds. The largest absolute Gasteiger partial charge is 0.348 e. The van der Waals surface area contributed by atoms with E-state index in [2.05, 4.69) is 10.3 Å². The third-order valence-corrected chi connectivity index (χ3v) is 4.07. The number of benzene rings is 2. The smallest absolute Gasteiger partial charge is 0.329 e. The van der Waals surface area contributed by atoms with E-state index in [0.717, 1.165) is 12.1 Å². The van der Waals surface area contributed by atoms with Crippen molar-refractivity contribution in [1.29, 1.82) is 0 Å². The summed E-state index contributed by atoms with van der Waals surface area (Å²) < 4.78 is 41.2. The highest BCUT2D eigenvalue weighted by atomic mass is 19.1. The maximum Gasteiger partial charge on any atom is 0.329 e. The highest BCUT2D eigenvalue weighted by Gasteiger charge is 2.17. The van der Waals surface area contributed by atoms with Gasteiger partial charge in [-0.05, 0) is 25.1 Å². The fourth-order valence-corrected chi connectivity index (χ4v) is 2.76. The van der Waals surface area contributed by atoms with Crippen LogP contribution < -0.4 is 16.6 Å². The Hall–Kier alpha value is -3.36. The molecule has 3 rings (SSSR count). The molecule has 3 aromatic rings. The highest BCUT2D eigenvalue weighted by molar-refractivity contribution is 5.79. The van der Waals surface area contributed by atoms with Crippen molar-refractivity contribution < 1.29 is 18.0 Å². The van der Waals surface area contributed by atoms with E-state index in [9.17, 15) is 27.6 Å². The van der Waals surface area contributed by atoms with E-state index in [1.165, 1.54) is 25.1 Å².